The van der Waals surface area contributed by atoms with Crippen LogP contribution in [0.15, 0.2) is 40.9 Å². The quantitative estimate of drug-likeness (QED) is 0.555. The summed E-state index contributed by atoms with van der Waals surface area (Å²) in [7, 11) is 0. The topological polar surface area (TPSA) is 103 Å². The van der Waals surface area contributed by atoms with Crippen molar-refractivity contribution in [2.45, 2.75) is 36.2 Å². The van der Waals surface area contributed by atoms with Gasteiger partial charge in [-0.15, -0.1) is 21.5 Å². The monoisotopic (exact) mass is 431 g/mol. The minimum absolute atomic E-state index is 0.205. The van der Waals surface area contributed by atoms with Crippen molar-refractivity contribution in [3.8, 4) is 11.4 Å². The number of nitrogens with one attached hydrogen (secondary N) is 1. The Labute approximate surface area is 174 Å². The van der Waals surface area contributed by atoms with Crippen LogP contribution in [-0.4, -0.2) is 31.8 Å². The molecule has 1 aliphatic rings. The third-order valence-corrected chi connectivity index (χ3v) is 6.40. The lowest BCUT2D eigenvalue weighted by atomic mass is 10.2. The first-order valence-electron chi connectivity index (χ1n) is 9.00. The summed E-state index contributed by atoms with van der Waals surface area (Å²) in [6, 6.07) is 8.22. The molecule has 2 aromatic heterocycles. The van der Waals surface area contributed by atoms with Gasteiger partial charge in [0.1, 0.15) is 10.8 Å². The van der Waals surface area contributed by atoms with Gasteiger partial charge >= 0.3 is 0 Å². The fourth-order valence-electron chi connectivity index (χ4n) is 2.87. The predicted molar refractivity (Wildman–Crippen MR) is 110 cm³/mol. The average molecular weight is 432 g/mol. The van der Waals surface area contributed by atoms with E-state index >= 15 is 0 Å². The van der Waals surface area contributed by atoms with Crippen molar-refractivity contribution >= 4 is 39.9 Å². The number of hydrogen-bond acceptors (Lipinski definition) is 6. The second kappa shape index (κ2) is 7.96. The molecule has 1 fully saturated rings. The smallest absolute Gasteiger partial charge is 0.251 e. The first kappa shape index (κ1) is 19.6. The summed E-state index contributed by atoms with van der Waals surface area (Å²) in [6.45, 7) is 1.74. The highest BCUT2D eigenvalue weighted by Gasteiger charge is 2.32. The fourth-order valence-corrected chi connectivity index (χ4v) is 4.59. The number of carbonyl (C=O) groups excluding carboxylic acids is 2. The van der Waals surface area contributed by atoms with E-state index in [0.29, 0.717) is 21.5 Å². The number of rotatable bonds is 7. The average Bonchev–Trinajstić information content (AvgIpc) is 3.27. The summed E-state index contributed by atoms with van der Waals surface area (Å²) < 4.78 is 16.2. The standard InChI is InChI=1S/C19H18FN5O2S2/c1-10(17(27)22-18-13(15(21)26)8-9-28-18)29-19-24-23-16(25(19)11-6-7-11)12-4-2-3-5-14(12)20/h2-5,8-11H,6-7H2,1H3,(H2,21,26)(H,22,27)/t10-/m0/s1. The van der Waals surface area contributed by atoms with Crippen molar-refractivity contribution in [3.05, 3.63) is 47.1 Å². The van der Waals surface area contributed by atoms with Gasteiger partial charge in [0, 0.05) is 6.04 Å². The Morgan fingerprint density at radius 3 is 2.76 bits per heavy atom. The number of nitrogens with two attached hydrogens (primary N) is 1. The van der Waals surface area contributed by atoms with Crippen LogP contribution in [0.5, 0.6) is 0 Å². The van der Waals surface area contributed by atoms with Crippen molar-refractivity contribution in [2.24, 2.45) is 5.73 Å². The highest BCUT2D eigenvalue weighted by Crippen LogP contribution is 2.42. The molecule has 10 heteroatoms. The number of hydrogen-bond donors (Lipinski definition) is 2. The first-order chi connectivity index (χ1) is 14.0. The third-order valence-electron chi connectivity index (χ3n) is 4.51. The lowest BCUT2D eigenvalue weighted by Gasteiger charge is -2.13. The molecule has 3 N–H and O–H groups in total. The Balaban J connectivity index is 1.55. The SMILES string of the molecule is C[C@H](Sc1nnc(-c2ccccc2F)n1C1CC1)C(=O)Nc1sccc1C(N)=O. The molecule has 0 radical (unpaired) electrons. The van der Waals surface area contributed by atoms with Gasteiger partial charge in [0.15, 0.2) is 11.0 Å². The zero-order chi connectivity index (χ0) is 20.5. The summed E-state index contributed by atoms with van der Waals surface area (Å²) in [5, 5.41) is 13.3. The van der Waals surface area contributed by atoms with Gasteiger partial charge in [0.05, 0.1) is 16.4 Å². The van der Waals surface area contributed by atoms with Gasteiger partial charge in [-0.25, -0.2) is 4.39 Å². The molecule has 1 aliphatic carbocycles. The van der Waals surface area contributed by atoms with E-state index in [1.165, 1.54) is 29.2 Å². The van der Waals surface area contributed by atoms with Crippen molar-refractivity contribution in [1.82, 2.24) is 14.8 Å². The molecular formula is C19H18FN5O2S2. The molecule has 0 aliphatic heterocycles. The maximum absolute atomic E-state index is 14.3. The van der Waals surface area contributed by atoms with E-state index in [2.05, 4.69) is 15.5 Å². The number of thioether (sulfide) groups is 1. The number of nitrogens with zero attached hydrogens (tertiary/aromatic N) is 3. The molecule has 29 heavy (non-hydrogen) atoms. The highest BCUT2D eigenvalue weighted by atomic mass is 32.2. The van der Waals surface area contributed by atoms with E-state index in [1.54, 1.807) is 36.6 Å². The number of primary amides is 1. The summed E-state index contributed by atoms with van der Waals surface area (Å²) in [5.74, 6) is -0.765. The van der Waals surface area contributed by atoms with E-state index in [0.717, 1.165) is 12.8 Å². The van der Waals surface area contributed by atoms with Gasteiger partial charge < -0.3 is 11.1 Å². The zero-order valence-corrected chi connectivity index (χ0v) is 17.1. The molecule has 150 valence electrons. The van der Waals surface area contributed by atoms with Crippen LogP contribution in [0.3, 0.4) is 0 Å². The number of thiophene rings is 1. The van der Waals surface area contributed by atoms with Gasteiger partial charge in [-0.2, -0.15) is 0 Å². The van der Waals surface area contributed by atoms with Crippen LogP contribution in [0.25, 0.3) is 11.4 Å². The van der Waals surface area contributed by atoms with Crippen LogP contribution < -0.4 is 11.1 Å². The van der Waals surface area contributed by atoms with Crippen LogP contribution in [0, 0.1) is 5.82 Å². The van der Waals surface area contributed by atoms with Crippen LogP contribution in [0.4, 0.5) is 9.39 Å². The van der Waals surface area contributed by atoms with E-state index in [-0.39, 0.29) is 23.3 Å². The number of anilines is 1. The number of halogens is 1. The summed E-state index contributed by atoms with van der Waals surface area (Å²) in [4.78, 5) is 24.1. The van der Waals surface area contributed by atoms with Gasteiger partial charge in [-0.05, 0) is 43.3 Å². The van der Waals surface area contributed by atoms with E-state index in [1.807, 2.05) is 4.57 Å². The number of aromatic nitrogens is 3. The molecule has 7 nitrogen and oxygen atoms in total. The molecule has 1 atom stereocenters. The fraction of sp³-hybridized carbons (Fsp3) is 0.263. The molecule has 0 spiro atoms. The summed E-state index contributed by atoms with van der Waals surface area (Å²) in [5.41, 5.74) is 5.99. The molecule has 1 saturated carbocycles. The Kier molecular flexibility index (Phi) is 5.37. The first-order valence-corrected chi connectivity index (χ1v) is 10.8. The van der Waals surface area contributed by atoms with Gasteiger partial charge in [0.25, 0.3) is 5.91 Å². The molecule has 0 bridgehead atoms. The van der Waals surface area contributed by atoms with Gasteiger partial charge in [-0.3, -0.25) is 14.2 Å². The molecule has 4 rings (SSSR count). The maximum Gasteiger partial charge on any atom is 0.251 e. The van der Waals surface area contributed by atoms with Crippen molar-refractivity contribution in [3.63, 3.8) is 0 Å². The Morgan fingerprint density at radius 1 is 1.31 bits per heavy atom. The minimum atomic E-state index is -0.593. The normalized spacial score (nSPS) is 14.6. The highest BCUT2D eigenvalue weighted by molar-refractivity contribution is 8.00. The number of carbonyl (C=O) groups is 2. The number of benzene rings is 1. The largest absolute Gasteiger partial charge is 0.366 e. The van der Waals surface area contributed by atoms with Crippen LogP contribution in [-0.2, 0) is 4.79 Å². The maximum atomic E-state index is 14.3. The minimum Gasteiger partial charge on any atom is -0.366 e. The second-order valence-corrected chi connectivity index (χ2v) is 8.89. The summed E-state index contributed by atoms with van der Waals surface area (Å²) in [6.07, 6.45) is 1.93. The molecule has 2 heterocycles. The Hall–Kier alpha value is -2.72. The predicted octanol–water partition coefficient (Wildman–Crippen LogP) is 3.70. The van der Waals surface area contributed by atoms with Crippen molar-refractivity contribution < 1.29 is 14.0 Å². The summed E-state index contributed by atoms with van der Waals surface area (Å²) >= 11 is 2.48. The van der Waals surface area contributed by atoms with E-state index < -0.39 is 11.2 Å². The van der Waals surface area contributed by atoms with E-state index in [9.17, 15) is 14.0 Å². The van der Waals surface area contributed by atoms with Crippen LogP contribution in [0.2, 0.25) is 0 Å². The van der Waals surface area contributed by atoms with Gasteiger partial charge in [-0.1, -0.05) is 23.9 Å². The lowest BCUT2D eigenvalue weighted by molar-refractivity contribution is -0.115. The lowest BCUT2D eigenvalue weighted by Crippen LogP contribution is -2.24. The molecule has 0 unspecified atom stereocenters. The van der Waals surface area contributed by atoms with Crippen molar-refractivity contribution in [1.29, 1.82) is 0 Å². The van der Waals surface area contributed by atoms with Crippen LogP contribution in [0.1, 0.15) is 36.2 Å². The molecule has 0 saturated heterocycles. The Morgan fingerprint density at radius 2 is 2.07 bits per heavy atom. The third kappa shape index (κ3) is 4.03. The molecular weight excluding hydrogens is 413 g/mol. The van der Waals surface area contributed by atoms with Gasteiger partial charge in [0.2, 0.25) is 5.91 Å². The molecule has 1 aromatic carbocycles. The molecule has 2 amide bonds. The zero-order valence-electron chi connectivity index (χ0n) is 15.5. The van der Waals surface area contributed by atoms with E-state index in [4.69, 9.17) is 5.73 Å². The second-order valence-electron chi connectivity index (χ2n) is 6.66. The van der Waals surface area contributed by atoms with Crippen LogP contribution >= 0.6 is 23.1 Å². The molecule has 3 aromatic rings. The number of amides is 2. The van der Waals surface area contributed by atoms with Crippen molar-refractivity contribution in [2.75, 3.05) is 5.32 Å². The Bertz CT molecular complexity index is 1080.